The molecule has 0 aromatic carbocycles. The van der Waals surface area contributed by atoms with Gasteiger partial charge in [-0.2, -0.15) is 0 Å². The van der Waals surface area contributed by atoms with Gasteiger partial charge < -0.3 is 43.2 Å². The van der Waals surface area contributed by atoms with Crippen LogP contribution in [-0.4, -0.2) is 75.4 Å². The Morgan fingerprint density at radius 2 is 1.63 bits per heavy atom. The van der Waals surface area contributed by atoms with Crippen molar-refractivity contribution in [2.75, 3.05) is 6.54 Å². The minimum absolute atomic E-state index is 0.000840. The molecule has 196 valence electrons. The molecular formula is C21H37N9O5. The Morgan fingerprint density at radius 3 is 2.14 bits per heavy atom. The number of carbonyl (C=O) groups excluding carboxylic acids is 3. The molecule has 0 saturated heterocycles. The summed E-state index contributed by atoms with van der Waals surface area (Å²) in [7, 11) is 0. The molecule has 1 heterocycles. The number of nitrogens with zero attached hydrogens (tertiary/aromatic N) is 2. The number of aliphatic imine (C=N–C) groups is 1. The van der Waals surface area contributed by atoms with Crippen LogP contribution >= 0.6 is 0 Å². The maximum atomic E-state index is 13.1. The highest BCUT2D eigenvalue weighted by Crippen LogP contribution is 2.08. The van der Waals surface area contributed by atoms with Crippen LogP contribution in [0.5, 0.6) is 0 Å². The van der Waals surface area contributed by atoms with Gasteiger partial charge in [-0.3, -0.25) is 19.4 Å². The number of aromatic amines is 1. The summed E-state index contributed by atoms with van der Waals surface area (Å²) in [6.45, 7) is 5.41. The van der Waals surface area contributed by atoms with Crippen LogP contribution in [-0.2, 0) is 25.6 Å². The van der Waals surface area contributed by atoms with Gasteiger partial charge in [0.05, 0.1) is 12.4 Å². The van der Waals surface area contributed by atoms with Crippen LogP contribution in [0.4, 0.5) is 0 Å². The molecule has 0 spiro atoms. The summed E-state index contributed by atoms with van der Waals surface area (Å²) in [5.74, 6) is -3.14. The zero-order valence-corrected chi connectivity index (χ0v) is 20.3. The number of nitrogens with two attached hydrogens (primary N) is 3. The second-order valence-corrected chi connectivity index (χ2v) is 8.67. The zero-order chi connectivity index (χ0) is 26.5. The van der Waals surface area contributed by atoms with Crippen LogP contribution in [0, 0.1) is 5.92 Å². The van der Waals surface area contributed by atoms with E-state index in [1.807, 2.05) is 13.8 Å². The van der Waals surface area contributed by atoms with Gasteiger partial charge in [0.15, 0.2) is 5.96 Å². The number of imidazole rings is 1. The minimum atomic E-state index is -1.22. The van der Waals surface area contributed by atoms with Crippen LogP contribution in [0.1, 0.15) is 45.7 Å². The van der Waals surface area contributed by atoms with Gasteiger partial charge in [-0.1, -0.05) is 13.8 Å². The van der Waals surface area contributed by atoms with Gasteiger partial charge in [0, 0.05) is 24.9 Å². The van der Waals surface area contributed by atoms with Crippen molar-refractivity contribution < 1.29 is 24.3 Å². The Bertz CT molecular complexity index is 867. The number of H-pyrrole nitrogens is 1. The zero-order valence-electron chi connectivity index (χ0n) is 20.3. The molecule has 1 aromatic rings. The second kappa shape index (κ2) is 14.6. The first-order valence-electron chi connectivity index (χ1n) is 11.3. The average molecular weight is 496 g/mol. The molecule has 3 amide bonds. The fourth-order valence-electron chi connectivity index (χ4n) is 3.14. The lowest BCUT2D eigenvalue weighted by Crippen LogP contribution is -2.57. The lowest BCUT2D eigenvalue weighted by Gasteiger charge is -2.25. The highest BCUT2D eigenvalue weighted by molar-refractivity contribution is 5.94. The first kappa shape index (κ1) is 29.4. The highest BCUT2D eigenvalue weighted by atomic mass is 16.4. The number of rotatable bonds is 15. The van der Waals surface area contributed by atoms with Crippen LogP contribution in [0.2, 0.25) is 0 Å². The molecule has 0 aliphatic heterocycles. The molecule has 14 heteroatoms. The molecule has 1 aromatic heterocycles. The van der Waals surface area contributed by atoms with Gasteiger partial charge in [0.1, 0.15) is 18.1 Å². The van der Waals surface area contributed by atoms with Gasteiger partial charge in [-0.15, -0.1) is 0 Å². The van der Waals surface area contributed by atoms with Crippen molar-refractivity contribution in [2.45, 2.75) is 70.6 Å². The van der Waals surface area contributed by atoms with Crippen molar-refractivity contribution in [3.8, 4) is 0 Å². The number of nitrogens with one attached hydrogen (secondary N) is 4. The fraction of sp³-hybridized carbons (Fsp3) is 0.619. The van der Waals surface area contributed by atoms with Gasteiger partial charge in [-0.05, 0) is 32.1 Å². The minimum Gasteiger partial charge on any atom is -0.480 e. The van der Waals surface area contributed by atoms with Gasteiger partial charge in [0.25, 0.3) is 0 Å². The van der Waals surface area contributed by atoms with E-state index >= 15 is 0 Å². The lowest BCUT2D eigenvalue weighted by atomic mass is 10.0. The number of aromatic nitrogens is 2. The van der Waals surface area contributed by atoms with Crippen molar-refractivity contribution in [1.29, 1.82) is 0 Å². The summed E-state index contributed by atoms with van der Waals surface area (Å²) in [4.78, 5) is 60.4. The van der Waals surface area contributed by atoms with E-state index in [1.54, 1.807) is 0 Å². The number of carboxylic acids is 1. The normalized spacial score (nSPS) is 14.3. The summed E-state index contributed by atoms with van der Waals surface area (Å²) in [5, 5.41) is 17.2. The Labute approximate surface area is 203 Å². The molecule has 1 rings (SSSR count). The highest BCUT2D eigenvalue weighted by Gasteiger charge is 2.30. The standard InChI is InChI=1S/C21H37N9O5/c1-11(2)7-15(18(32)28-14(20(34)35)5-4-6-26-21(23)24)30-19(33)16(29-17(31)12(3)22)8-13-9-25-10-27-13/h9-12,14-16H,4-8,22H2,1-3H3,(H,25,27)(H,28,32)(H,29,31)(H,30,33)(H,34,35)(H4,23,24,26). The fourth-order valence-corrected chi connectivity index (χ4v) is 3.14. The molecule has 11 N–H and O–H groups in total. The first-order valence-corrected chi connectivity index (χ1v) is 11.3. The quantitative estimate of drug-likeness (QED) is 0.0756. The van der Waals surface area contributed by atoms with Crippen LogP contribution in [0.25, 0.3) is 0 Å². The molecule has 0 bridgehead atoms. The van der Waals surface area contributed by atoms with Crippen molar-refractivity contribution in [3.63, 3.8) is 0 Å². The predicted octanol–water partition coefficient (Wildman–Crippen LogP) is -2.06. The number of carbonyl (C=O) groups is 4. The molecule has 0 aliphatic rings. The number of hydrogen-bond donors (Lipinski definition) is 8. The van der Waals surface area contributed by atoms with Crippen molar-refractivity contribution in [1.82, 2.24) is 25.9 Å². The third kappa shape index (κ3) is 11.3. The van der Waals surface area contributed by atoms with E-state index in [-0.39, 0.29) is 37.7 Å². The molecule has 0 saturated carbocycles. The number of aliphatic carboxylic acids is 1. The molecular weight excluding hydrogens is 458 g/mol. The van der Waals surface area contributed by atoms with E-state index in [0.29, 0.717) is 12.1 Å². The molecule has 0 fully saturated rings. The van der Waals surface area contributed by atoms with Crippen molar-refractivity contribution in [2.24, 2.45) is 28.1 Å². The Morgan fingerprint density at radius 1 is 1.03 bits per heavy atom. The predicted molar refractivity (Wildman–Crippen MR) is 129 cm³/mol. The van der Waals surface area contributed by atoms with E-state index in [1.165, 1.54) is 19.4 Å². The van der Waals surface area contributed by atoms with Gasteiger partial charge in [0.2, 0.25) is 17.7 Å². The molecule has 4 unspecified atom stereocenters. The number of hydrogen-bond acceptors (Lipinski definition) is 7. The summed E-state index contributed by atoms with van der Waals surface area (Å²) in [5.41, 5.74) is 16.7. The smallest absolute Gasteiger partial charge is 0.326 e. The Hall–Kier alpha value is -3.68. The molecule has 14 nitrogen and oxygen atoms in total. The topological polar surface area (TPSA) is 244 Å². The average Bonchev–Trinajstić information content (AvgIpc) is 3.27. The number of amides is 3. The Balaban J connectivity index is 2.95. The largest absolute Gasteiger partial charge is 0.480 e. The van der Waals surface area contributed by atoms with Gasteiger partial charge >= 0.3 is 5.97 Å². The SMILES string of the molecule is CC(C)CC(NC(=O)C(Cc1cnc[nH]1)NC(=O)C(C)N)C(=O)NC(CCCN=C(N)N)C(=O)O. The van der Waals surface area contributed by atoms with E-state index in [0.717, 1.165) is 0 Å². The maximum absolute atomic E-state index is 13.1. The third-order valence-electron chi connectivity index (χ3n) is 4.93. The number of guanidine groups is 1. The third-order valence-corrected chi connectivity index (χ3v) is 4.93. The van der Waals surface area contributed by atoms with E-state index in [9.17, 15) is 24.3 Å². The summed E-state index contributed by atoms with van der Waals surface area (Å²) in [6.07, 6.45) is 3.69. The summed E-state index contributed by atoms with van der Waals surface area (Å²) in [6, 6.07) is -4.11. The number of carboxylic acid groups (broad SMARTS) is 1. The van der Waals surface area contributed by atoms with Crippen LogP contribution < -0.4 is 33.2 Å². The van der Waals surface area contributed by atoms with Crippen LogP contribution in [0.3, 0.4) is 0 Å². The lowest BCUT2D eigenvalue weighted by molar-refractivity contribution is -0.142. The molecule has 0 aliphatic carbocycles. The van der Waals surface area contributed by atoms with E-state index < -0.39 is 47.9 Å². The van der Waals surface area contributed by atoms with Crippen LogP contribution in [0.15, 0.2) is 17.5 Å². The monoisotopic (exact) mass is 495 g/mol. The maximum Gasteiger partial charge on any atom is 0.326 e. The first-order chi connectivity index (χ1) is 16.4. The van der Waals surface area contributed by atoms with E-state index in [2.05, 4.69) is 30.9 Å². The molecule has 35 heavy (non-hydrogen) atoms. The summed E-state index contributed by atoms with van der Waals surface area (Å²) >= 11 is 0. The van der Waals surface area contributed by atoms with Crippen molar-refractivity contribution >= 4 is 29.7 Å². The van der Waals surface area contributed by atoms with Gasteiger partial charge in [-0.25, -0.2) is 9.78 Å². The summed E-state index contributed by atoms with van der Waals surface area (Å²) < 4.78 is 0. The molecule has 0 radical (unpaired) electrons. The second-order valence-electron chi connectivity index (χ2n) is 8.67. The Kier molecular flexibility index (Phi) is 12.2. The van der Waals surface area contributed by atoms with Crippen molar-refractivity contribution in [3.05, 3.63) is 18.2 Å². The molecule has 4 atom stereocenters. The van der Waals surface area contributed by atoms with E-state index in [4.69, 9.17) is 17.2 Å².